The van der Waals surface area contributed by atoms with Gasteiger partial charge in [0.15, 0.2) is 0 Å². The second kappa shape index (κ2) is 10.7. The molecule has 0 atom stereocenters. The Morgan fingerprint density at radius 1 is 0.853 bits per heavy atom. The molecule has 1 N–H and O–H groups in total. The minimum Gasteiger partial charge on any atom is -0.468 e. The zero-order valence-electron chi connectivity index (χ0n) is 19.4. The topological polar surface area (TPSA) is 59.6 Å². The Morgan fingerprint density at radius 2 is 1.71 bits per heavy atom. The summed E-state index contributed by atoms with van der Waals surface area (Å²) in [6.45, 7) is 4.83. The van der Waals surface area contributed by atoms with Crippen LogP contribution in [0.1, 0.15) is 30.6 Å². The van der Waals surface area contributed by atoms with E-state index in [2.05, 4.69) is 10.2 Å². The molecule has 2 aromatic heterocycles. The first-order valence-corrected chi connectivity index (χ1v) is 12.1. The van der Waals surface area contributed by atoms with E-state index in [1.165, 1.54) is 19.3 Å². The van der Waals surface area contributed by atoms with Gasteiger partial charge in [-0.25, -0.2) is 0 Å². The van der Waals surface area contributed by atoms with E-state index in [1.54, 1.807) is 6.26 Å². The van der Waals surface area contributed by atoms with Crippen molar-refractivity contribution in [1.82, 2.24) is 14.8 Å². The molecule has 1 aliphatic heterocycles. The maximum absolute atomic E-state index is 13.6. The third kappa shape index (κ3) is 5.41. The van der Waals surface area contributed by atoms with Crippen LogP contribution in [0.2, 0.25) is 0 Å². The molecule has 4 aromatic rings. The van der Waals surface area contributed by atoms with Crippen LogP contribution in [0.4, 0.5) is 0 Å². The molecule has 34 heavy (non-hydrogen) atoms. The minimum absolute atomic E-state index is 0.0494. The number of nitrogens with one attached hydrogen (secondary N) is 1. The van der Waals surface area contributed by atoms with Gasteiger partial charge in [-0.3, -0.25) is 4.79 Å². The van der Waals surface area contributed by atoms with Crippen molar-refractivity contribution < 1.29 is 9.15 Å². The molecule has 1 fully saturated rings. The predicted molar refractivity (Wildman–Crippen MR) is 134 cm³/mol. The van der Waals surface area contributed by atoms with Gasteiger partial charge in [0.2, 0.25) is 0 Å². The number of pyridine rings is 1. The Hall–Kier alpha value is -3.35. The van der Waals surface area contributed by atoms with Gasteiger partial charge in [0, 0.05) is 31.3 Å². The molecule has 2 aromatic carbocycles. The van der Waals surface area contributed by atoms with Crippen molar-refractivity contribution in [2.45, 2.75) is 38.9 Å². The third-order valence-corrected chi connectivity index (χ3v) is 6.40. The van der Waals surface area contributed by atoms with Crippen LogP contribution in [-0.2, 0) is 19.6 Å². The van der Waals surface area contributed by atoms with Crippen molar-refractivity contribution in [2.75, 3.05) is 19.6 Å². The fourth-order valence-corrected chi connectivity index (χ4v) is 4.61. The summed E-state index contributed by atoms with van der Waals surface area (Å²) in [5.74, 6) is 2.37. The van der Waals surface area contributed by atoms with Crippen molar-refractivity contribution in [3.8, 4) is 11.5 Å². The molecule has 1 saturated heterocycles. The quantitative estimate of drug-likeness (QED) is 0.376. The normalized spacial score (nSPS) is 14.5. The smallest absolute Gasteiger partial charge is 0.255 e. The highest BCUT2D eigenvalue weighted by Crippen LogP contribution is 2.26. The van der Waals surface area contributed by atoms with Gasteiger partial charge in [0.05, 0.1) is 18.3 Å². The number of furan rings is 1. The average Bonchev–Trinajstić information content (AvgIpc) is 3.39. The lowest BCUT2D eigenvalue weighted by Crippen LogP contribution is -2.36. The van der Waals surface area contributed by atoms with Crippen molar-refractivity contribution in [2.24, 2.45) is 0 Å². The van der Waals surface area contributed by atoms with Gasteiger partial charge in [-0.1, -0.05) is 24.6 Å². The van der Waals surface area contributed by atoms with E-state index in [9.17, 15) is 4.79 Å². The molecule has 0 aliphatic carbocycles. The summed E-state index contributed by atoms with van der Waals surface area (Å²) in [5.41, 5.74) is 1.72. The first-order valence-electron chi connectivity index (χ1n) is 12.1. The van der Waals surface area contributed by atoms with Crippen LogP contribution in [0.15, 0.2) is 82.2 Å². The second-order valence-electron chi connectivity index (χ2n) is 8.85. The highest BCUT2D eigenvalue weighted by atomic mass is 16.5. The lowest BCUT2D eigenvalue weighted by atomic mass is 10.1. The van der Waals surface area contributed by atoms with E-state index in [1.807, 2.05) is 71.3 Å². The van der Waals surface area contributed by atoms with Crippen molar-refractivity contribution >= 4 is 10.9 Å². The monoisotopic (exact) mass is 457 g/mol. The Morgan fingerprint density at radius 3 is 2.50 bits per heavy atom. The lowest BCUT2D eigenvalue weighted by molar-refractivity contribution is 0.221. The molecule has 0 amide bonds. The number of piperidine rings is 1. The molecule has 6 nitrogen and oxygen atoms in total. The van der Waals surface area contributed by atoms with Crippen LogP contribution in [0.25, 0.3) is 10.9 Å². The van der Waals surface area contributed by atoms with E-state index in [4.69, 9.17) is 9.15 Å². The third-order valence-electron chi connectivity index (χ3n) is 6.40. The molecule has 1 aliphatic rings. The maximum atomic E-state index is 13.6. The molecule has 3 heterocycles. The highest BCUT2D eigenvalue weighted by Gasteiger charge is 2.14. The Labute approximate surface area is 199 Å². The molecule has 0 unspecified atom stereocenters. The zero-order chi connectivity index (χ0) is 23.2. The van der Waals surface area contributed by atoms with Crippen LogP contribution in [0, 0.1) is 0 Å². The first kappa shape index (κ1) is 22.4. The van der Waals surface area contributed by atoms with Crippen LogP contribution in [-0.4, -0.2) is 29.1 Å². The SMILES string of the molecule is O=c1c(CNCc2ccco2)cc2ccc(Oc3ccccc3)cc2n1CCN1CCCCC1. The summed E-state index contributed by atoms with van der Waals surface area (Å²) in [7, 11) is 0. The van der Waals surface area contributed by atoms with Crippen LogP contribution >= 0.6 is 0 Å². The van der Waals surface area contributed by atoms with E-state index in [0.717, 1.165) is 53.4 Å². The van der Waals surface area contributed by atoms with Gasteiger partial charge in [-0.15, -0.1) is 0 Å². The molecular weight excluding hydrogens is 426 g/mol. The van der Waals surface area contributed by atoms with E-state index in [0.29, 0.717) is 19.6 Å². The number of aromatic nitrogens is 1. The number of ether oxygens (including phenoxy) is 1. The summed E-state index contributed by atoms with van der Waals surface area (Å²) in [5, 5.41) is 4.38. The Balaban J connectivity index is 1.43. The van der Waals surface area contributed by atoms with Gasteiger partial charge in [-0.05, 0) is 73.8 Å². The van der Waals surface area contributed by atoms with Gasteiger partial charge in [0.25, 0.3) is 5.56 Å². The number of benzene rings is 2. The summed E-state index contributed by atoms with van der Waals surface area (Å²) < 4.78 is 13.4. The second-order valence-corrected chi connectivity index (χ2v) is 8.85. The average molecular weight is 458 g/mol. The molecule has 0 radical (unpaired) electrons. The largest absolute Gasteiger partial charge is 0.468 e. The van der Waals surface area contributed by atoms with Gasteiger partial charge in [-0.2, -0.15) is 0 Å². The number of hydrogen-bond acceptors (Lipinski definition) is 5. The number of fused-ring (bicyclic) bond motifs is 1. The van der Waals surface area contributed by atoms with Gasteiger partial charge < -0.3 is 23.9 Å². The number of rotatable bonds is 9. The molecule has 5 rings (SSSR count). The lowest BCUT2D eigenvalue weighted by Gasteiger charge is -2.27. The first-order chi connectivity index (χ1) is 16.8. The van der Waals surface area contributed by atoms with Crippen LogP contribution in [0.5, 0.6) is 11.5 Å². The summed E-state index contributed by atoms with van der Waals surface area (Å²) >= 11 is 0. The Kier molecular flexibility index (Phi) is 7.08. The number of hydrogen-bond donors (Lipinski definition) is 1. The van der Waals surface area contributed by atoms with Crippen LogP contribution < -0.4 is 15.6 Å². The van der Waals surface area contributed by atoms with Crippen LogP contribution in [0.3, 0.4) is 0 Å². The van der Waals surface area contributed by atoms with E-state index >= 15 is 0 Å². The molecule has 0 bridgehead atoms. The number of para-hydroxylation sites is 1. The zero-order valence-corrected chi connectivity index (χ0v) is 19.4. The summed E-state index contributed by atoms with van der Waals surface area (Å²) in [4.78, 5) is 16.0. The van der Waals surface area contributed by atoms with Gasteiger partial charge in [0.1, 0.15) is 17.3 Å². The minimum atomic E-state index is 0.0494. The number of likely N-dealkylation sites (tertiary alicyclic amines) is 1. The standard InChI is InChI=1S/C28H31N3O3/c32-28-23(20-29-21-26-10-7-17-33-26)18-22-11-12-25(34-24-8-3-1-4-9-24)19-27(22)31(28)16-15-30-13-5-2-6-14-30/h1,3-4,7-12,17-19,29H,2,5-6,13-16,20-21H2. The molecule has 6 heteroatoms. The predicted octanol–water partition coefficient (Wildman–Crippen LogP) is 5.16. The van der Waals surface area contributed by atoms with E-state index in [-0.39, 0.29) is 5.56 Å². The maximum Gasteiger partial charge on any atom is 0.255 e. The van der Waals surface area contributed by atoms with Crippen molar-refractivity contribution in [1.29, 1.82) is 0 Å². The van der Waals surface area contributed by atoms with E-state index < -0.39 is 0 Å². The summed E-state index contributed by atoms with van der Waals surface area (Å²) in [6.07, 6.45) is 5.44. The Bertz CT molecular complexity index is 1260. The highest BCUT2D eigenvalue weighted by molar-refractivity contribution is 5.81. The molecule has 176 valence electrons. The fraction of sp³-hybridized carbons (Fsp3) is 0.321. The van der Waals surface area contributed by atoms with Crippen molar-refractivity contribution in [3.63, 3.8) is 0 Å². The van der Waals surface area contributed by atoms with Crippen molar-refractivity contribution in [3.05, 3.63) is 94.7 Å². The summed E-state index contributed by atoms with van der Waals surface area (Å²) in [6, 6.07) is 21.5. The molecule has 0 spiro atoms. The number of nitrogens with zero attached hydrogens (tertiary/aromatic N) is 2. The van der Waals surface area contributed by atoms with Gasteiger partial charge >= 0.3 is 0 Å². The molecular formula is C28H31N3O3. The fourth-order valence-electron chi connectivity index (χ4n) is 4.61. The molecule has 0 saturated carbocycles.